The number of aliphatic carboxylic acids is 1. The van der Waals surface area contributed by atoms with Crippen molar-refractivity contribution in [1.29, 1.82) is 0 Å². The number of ether oxygens (including phenoxy) is 1. The van der Waals surface area contributed by atoms with E-state index < -0.39 is 17.9 Å². The van der Waals surface area contributed by atoms with Gasteiger partial charge in [0, 0.05) is 36.7 Å². The highest BCUT2D eigenvalue weighted by Gasteiger charge is 2.24. The Morgan fingerprint density at radius 3 is 2.77 bits per heavy atom. The van der Waals surface area contributed by atoms with E-state index in [1.807, 2.05) is 11.8 Å². The number of methoxy groups -OCH3 is 1. The molecule has 0 bridgehead atoms. The van der Waals surface area contributed by atoms with Crippen LogP contribution in [0.15, 0.2) is 24.3 Å². The van der Waals surface area contributed by atoms with Crippen molar-refractivity contribution in [2.75, 3.05) is 38.2 Å². The molecule has 0 aliphatic carbocycles. The first-order valence-electron chi connectivity index (χ1n) is 7.08. The summed E-state index contributed by atoms with van der Waals surface area (Å²) in [5.41, 5.74) is 0.389. The van der Waals surface area contributed by atoms with Crippen molar-refractivity contribution in [1.82, 2.24) is 10.2 Å². The Morgan fingerprint density at radius 2 is 2.14 bits per heavy atom. The van der Waals surface area contributed by atoms with Crippen LogP contribution in [-0.4, -0.2) is 66.2 Å². The minimum absolute atomic E-state index is 0.325. The number of carboxylic acid groups (broad SMARTS) is 1. The quantitative estimate of drug-likeness (QED) is 0.810. The van der Waals surface area contributed by atoms with Crippen LogP contribution in [0, 0.1) is 0 Å². The summed E-state index contributed by atoms with van der Waals surface area (Å²) in [5.74, 6) is 1.13. The third-order valence-corrected chi connectivity index (χ3v) is 4.42. The number of hydrogen-bond donors (Lipinski definition) is 2. The van der Waals surface area contributed by atoms with Crippen molar-refractivity contribution < 1.29 is 19.4 Å². The maximum absolute atomic E-state index is 12.2. The molecule has 6 nitrogen and oxygen atoms in total. The number of thioether (sulfide) groups is 1. The second-order valence-corrected chi connectivity index (χ2v) is 6.23. The van der Waals surface area contributed by atoms with E-state index in [1.54, 1.807) is 24.3 Å². The number of carbonyl (C=O) groups excluding carboxylic acids is 1. The zero-order valence-electron chi connectivity index (χ0n) is 12.4. The SMILES string of the molecule is COc1cccc(C(=O)N[C@H](CN2CCSCC2)C(=O)O)c1. The van der Waals surface area contributed by atoms with E-state index in [-0.39, 0.29) is 0 Å². The monoisotopic (exact) mass is 324 g/mol. The van der Waals surface area contributed by atoms with Gasteiger partial charge in [-0.05, 0) is 18.2 Å². The van der Waals surface area contributed by atoms with Gasteiger partial charge in [-0.15, -0.1) is 0 Å². The van der Waals surface area contributed by atoms with Gasteiger partial charge in [0.2, 0.25) is 0 Å². The van der Waals surface area contributed by atoms with Gasteiger partial charge in [0.1, 0.15) is 11.8 Å². The van der Waals surface area contributed by atoms with E-state index in [1.165, 1.54) is 7.11 Å². The maximum atomic E-state index is 12.2. The highest BCUT2D eigenvalue weighted by atomic mass is 32.2. The molecule has 0 unspecified atom stereocenters. The number of nitrogens with zero attached hydrogens (tertiary/aromatic N) is 1. The molecule has 1 heterocycles. The van der Waals surface area contributed by atoms with Crippen LogP contribution < -0.4 is 10.1 Å². The average molecular weight is 324 g/mol. The van der Waals surface area contributed by atoms with Gasteiger partial charge in [0.05, 0.1) is 7.11 Å². The number of nitrogens with one attached hydrogen (secondary N) is 1. The van der Waals surface area contributed by atoms with Crippen molar-refractivity contribution in [3.05, 3.63) is 29.8 Å². The van der Waals surface area contributed by atoms with Gasteiger partial charge >= 0.3 is 5.97 Å². The zero-order valence-corrected chi connectivity index (χ0v) is 13.3. The number of benzene rings is 1. The molecule has 0 saturated carbocycles. The van der Waals surface area contributed by atoms with Crippen LogP contribution >= 0.6 is 11.8 Å². The molecule has 1 saturated heterocycles. The van der Waals surface area contributed by atoms with Crippen molar-refractivity contribution in [3.8, 4) is 5.75 Å². The van der Waals surface area contributed by atoms with Crippen molar-refractivity contribution >= 4 is 23.6 Å². The summed E-state index contributed by atoms with van der Waals surface area (Å²) < 4.78 is 5.07. The van der Waals surface area contributed by atoms with Gasteiger partial charge in [-0.3, -0.25) is 9.69 Å². The maximum Gasteiger partial charge on any atom is 0.327 e. The third kappa shape index (κ3) is 4.64. The lowest BCUT2D eigenvalue weighted by Crippen LogP contribution is -2.50. The van der Waals surface area contributed by atoms with Crippen molar-refractivity contribution in [2.45, 2.75) is 6.04 Å². The Kier molecular flexibility index (Phi) is 6.09. The summed E-state index contributed by atoms with van der Waals surface area (Å²) in [6.45, 7) is 2.03. The number of hydrogen-bond acceptors (Lipinski definition) is 5. The average Bonchev–Trinajstić information content (AvgIpc) is 2.55. The minimum Gasteiger partial charge on any atom is -0.497 e. The van der Waals surface area contributed by atoms with E-state index >= 15 is 0 Å². The molecule has 120 valence electrons. The molecule has 22 heavy (non-hydrogen) atoms. The van der Waals surface area contributed by atoms with Crippen LogP contribution in [0.5, 0.6) is 5.75 Å². The van der Waals surface area contributed by atoms with Crippen LogP contribution in [-0.2, 0) is 4.79 Å². The molecule has 0 aromatic heterocycles. The molecule has 0 radical (unpaired) electrons. The van der Waals surface area contributed by atoms with Crippen LogP contribution in [0.3, 0.4) is 0 Å². The largest absolute Gasteiger partial charge is 0.497 e. The van der Waals surface area contributed by atoms with Gasteiger partial charge in [0.25, 0.3) is 5.91 Å². The molecule has 1 atom stereocenters. The first-order valence-corrected chi connectivity index (χ1v) is 8.23. The molecule has 1 amide bonds. The Morgan fingerprint density at radius 1 is 1.41 bits per heavy atom. The fraction of sp³-hybridized carbons (Fsp3) is 0.467. The van der Waals surface area contributed by atoms with Gasteiger partial charge in [0.15, 0.2) is 0 Å². The number of rotatable bonds is 6. The molecule has 0 spiro atoms. The Hall–Kier alpha value is -1.73. The van der Waals surface area contributed by atoms with E-state index in [4.69, 9.17) is 4.74 Å². The fourth-order valence-electron chi connectivity index (χ4n) is 2.23. The second kappa shape index (κ2) is 8.05. The third-order valence-electron chi connectivity index (χ3n) is 3.48. The lowest BCUT2D eigenvalue weighted by molar-refractivity contribution is -0.139. The van der Waals surface area contributed by atoms with Crippen LogP contribution in [0.1, 0.15) is 10.4 Å². The van der Waals surface area contributed by atoms with Crippen LogP contribution in [0.2, 0.25) is 0 Å². The van der Waals surface area contributed by atoms with Crippen molar-refractivity contribution in [3.63, 3.8) is 0 Å². The van der Waals surface area contributed by atoms with Crippen LogP contribution in [0.25, 0.3) is 0 Å². The molecule has 7 heteroatoms. The molecule has 1 aliphatic heterocycles. The van der Waals surface area contributed by atoms with E-state index in [9.17, 15) is 14.7 Å². The number of carboxylic acids is 1. The Labute approximate surface area is 133 Å². The van der Waals surface area contributed by atoms with Crippen LogP contribution in [0.4, 0.5) is 0 Å². The lowest BCUT2D eigenvalue weighted by atomic mass is 10.1. The van der Waals surface area contributed by atoms with E-state index in [0.717, 1.165) is 24.6 Å². The molecule has 2 rings (SSSR count). The number of carbonyl (C=O) groups is 2. The summed E-state index contributed by atoms with van der Waals surface area (Å²) in [4.78, 5) is 25.7. The van der Waals surface area contributed by atoms with E-state index in [2.05, 4.69) is 10.2 Å². The van der Waals surface area contributed by atoms with Gasteiger partial charge in [-0.2, -0.15) is 11.8 Å². The Bertz CT molecular complexity index is 532. The number of amides is 1. The summed E-state index contributed by atoms with van der Waals surface area (Å²) in [5, 5.41) is 11.9. The second-order valence-electron chi connectivity index (χ2n) is 5.01. The molecule has 1 fully saturated rings. The summed E-state index contributed by atoms with van der Waals surface area (Å²) in [7, 11) is 1.52. The molecular weight excluding hydrogens is 304 g/mol. The topological polar surface area (TPSA) is 78.9 Å². The minimum atomic E-state index is -1.02. The summed E-state index contributed by atoms with van der Waals surface area (Å²) in [6.07, 6.45) is 0. The molecule has 2 N–H and O–H groups in total. The van der Waals surface area contributed by atoms with Gasteiger partial charge in [-0.25, -0.2) is 4.79 Å². The fourth-order valence-corrected chi connectivity index (χ4v) is 3.21. The van der Waals surface area contributed by atoms with E-state index in [0.29, 0.717) is 17.9 Å². The summed E-state index contributed by atoms with van der Waals surface area (Å²) >= 11 is 1.86. The standard InChI is InChI=1S/C15H20N2O4S/c1-21-12-4-2-3-11(9-12)14(18)16-13(15(19)20)10-17-5-7-22-8-6-17/h2-4,9,13H,5-8,10H2,1H3,(H,16,18)(H,19,20)/t13-/m1/s1. The first-order chi connectivity index (χ1) is 10.6. The zero-order chi connectivity index (χ0) is 15.9. The lowest BCUT2D eigenvalue weighted by Gasteiger charge is -2.28. The van der Waals surface area contributed by atoms with Gasteiger partial charge < -0.3 is 15.2 Å². The highest BCUT2D eigenvalue weighted by molar-refractivity contribution is 7.99. The first kappa shape index (κ1) is 16.6. The predicted molar refractivity (Wildman–Crippen MR) is 85.6 cm³/mol. The molecular formula is C15H20N2O4S. The predicted octanol–water partition coefficient (Wildman–Crippen LogP) is 0.927. The Balaban J connectivity index is 2.00. The highest BCUT2D eigenvalue weighted by Crippen LogP contribution is 2.13. The smallest absolute Gasteiger partial charge is 0.327 e. The van der Waals surface area contributed by atoms with Gasteiger partial charge in [-0.1, -0.05) is 6.07 Å². The molecule has 1 aliphatic rings. The summed E-state index contributed by atoms with van der Waals surface area (Å²) in [6, 6.07) is 5.74. The molecule has 1 aromatic carbocycles. The van der Waals surface area contributed by atoms with Crippen molar-refractivity contribution in [2.24, 2.45) is 0 Å². The molecule has 1 aromatic rings. The normalized spacial score (nSPS) is 16.8.